The van der Waals surface area contributed by atoms with Gasteiger partial charge in [0.05, 0.1) is 24.4 Å². The molecule has 1 fully saturated rings. The zero-order valence-electron chi connectivity index (χ0n) is 18.3. The van der Waals surface area contributed by atoms with Crippen molar-refractivity contribution in [3.8, 4) is 11.5 Å². The van der Waals surface area contributed by atoms with Gasteiger partial charge in [-0.1, -0.05) is 12.1 Å². The molecule has 5 atom stereocenters. The van der Waals surface area contributed by atoms with Crippen molar-refractivity contribution in [3.63, 3.8) is 0 Å². The molecule has 0 saturated carbocycles. The number of benzene rings is 2. The Balaban J connectivity index is 1.70. The summed E-state index contributed by atoms with van der Waals surface area (Å²) in [7, 11) is 0. The fourth-order valence-electron chi connectivity index (χ4n) is 4.97. The van der Waals surface area contributed by atoms with Crippen LogP contribution in [0.25, 0.3) is 5.57 Å². The van der Waals surface area contributed by atoms with Crippen LogP contribution < -0.4 is 0 Å². The number of hydrogen-bond donors (Lipinski definition) is 5. The molecule has 0 amide bonds. The van der Waals surface area contributed by atoms with E-state index in [1.165, 1.54) is 30.3 Å². The number of ketones is 2. The van der Waals surface area contributed by atoms with Gasteiger partial charge in [0.25, 0.3) is 0 Å². The lowest BCUT2D eigenvalue weighted by Crippen LogP contribution is -2.44. The number of fused-ring (bicyclic) bond motifs is 3. The Hall–Kier alpha value is -3.08. The fourth-order valence-corrected chi connectivity index (χ4v) is 4.97. The Morgan fingerprint density at radius 3 is 2.50 bits per heavy atom. The van der Waals surface area contributed by atoms with Gasteiger partial charge in [0.15, 0.2) is 17.9 Å². The highest BCUT2D eigenvalue weighted by atomic mass is 16.7. The van der Waals surface area contributed by atoms with Gasteiger partial charge in [-0.05, 0) is 42.7 Å². The van der Waals surface area contributed by atoms with E-state index in [1.807, 2.05) is 0 Å². The van der Waals surface area contributed by atoms with Crippen molar-refractivity contribution in [1.82, 2.24) is 0 Å². The number of aliphatic hydroxyl groups is 3. The lowest BCUT2D eigenvalue weighted by atomic mass is 9.71. The summed E-state index contributed by atoms with van der Waals surface area (Å²) in [5, 5.41) is 51.9. The Kier molecular flexibility index (Phi) is 5.54. The van der Waals surface area contributed by atoms with Crippen molar-refractivity contribution >= 4 is 17.1 Å². The molecule has 5 rings (SSSR count). The minimum Gasteiger partial charge on any atom is -0.507 e. The van der Waals surface area contributed by atoms with Gasteiger partial charge in [-0.15, -0.1) is 0 Å². The van der Waals surface area contributed by atoms with E-state index in [1.54, 1.807) is 6.92 Å². The van der Waals surface area contributed by atoms with Gasteiger partial charge in [0, 0.05) is 28.7 Å². The number of phenolic OH excluding ortho intramolecular Hbond substituents is 2. The molecule has 2 aromatic carbocycles. The molecule has 0 bridgehead atoms. The lowest BCUT2D eigenvalue weighted by molar-refractivity contribution is -0.240. The lowest BCUT2D eigenvalue weighted by Gasteiger charge is -2.39. The second kappa shape index (κ2) is 8.30. The number of aromatic hydroxyl groups is 2. The van der Waals surface area contributed by atoms with Gasteiger partial charge >= 0.3 is 0 Å². The van der Waals surface area contributed by atoms with Crippen molar-refractivity contribution in [2.75, 3.05) is 0 Å². The topological polar surface area (TPSA) is 154 Å². The van der Waals surface area contributed by atoms with Gasteiger partial charge in [0.1, 0.15) is 23.7 Å². The molecule has 2 aliphatic carbocycles. The zero-order chi connectivity index (χ0) is 24.3. The third kappa shape index (κ3) is 3.36. The molecule has 34 heavy (non-hydrogen) atoms. The number of hydrogen-bond acceptors (Lipinski definition) is 9. The number of aliphatic hydroxyl groups excluding tert-OH is 3. The molecule has 1 heterocycles. The third-order valence-corrected chi connectivity index (χ3v) is 6.69. The fraction of sp³-hybridized carbons (Fsp3) is 0.360. The van der Waals surface area contributed by atoms with Crippen LogP contribution in [0.3, 0.4) is 0 Å². The quantitative estimate of drug-likeness (QED) is 0.453. The number of Topliss-reactive ketones (excluding diaryl/α,β-unsaturated/α-hetero) is 2. The van der Waals surface area contributed by atoms with E-state index < -0.39 is 48.9 Å². The number of carbonyl (C=O) groups excluding carboxylic acids is 2. The van der Waals surface area contributed by atoms with E-state index in [-0.39, 0.29) is 51.3 Å². The minimum absolute atomic E-state index is 0.0137. The largest absolute Gasteiger partial charge is 0.507 e. The molecule has 0 spiro atoms. The van der Waals surface area contributed by atoms with Crippen LogP contribution >= 0.6 is 0 Å². The predicted molar refractivity (Wildman–Crippen MR) is 117 cm³/mol. The highest BCUT2D eigenvalue weighted by Gasteiger charge is 2.48. The Bertz CT molecular complexity index is 1230. The molecular formula is C25H24O9. The van der Waals surface area contributed by atoms with Gasteiger partial charge in [-0.3, -0.25) is 9.59 Å². The van der Waals surface area contributed by atoms with Crippen LogP contribution in [-0.4, -0.2) is 61.7 Å². The number of carbonyl (C=O) groups is 2. The summed E-state index contributed by atoms with van der Waals surface area (Å²) in [5.41, 5.74) is -0.123. The van der Waals surface area contributed by atoms with Crippen LogP contribution in [0.2, 0.25) is 0 Å². The van der Waals surface area contributed by atoms with Crippen molar-refractivity contribution in [2.45, 2.75) is 57.1 Å². The maximum atomic E-state index is 13.6. The van der Waals surface area contributed by atoms with Gasteiger partial charge < -0.3 is 35.0 Å². The van der Waals surface area contributed by atoms with Gasteiger partial charge in [0.2, 0.25) is 0 Å². The van der Waals surface area contributed by atoms with Crippen LogP contribution in [-0.2, 0) is 16.1 Å². The number of rotatable bonds is 3. The van der Waals surface area contributed by atoms with E-state index in [0.717, 1.165) is 0 Å². The molecule has 9 nitrogen and oxygen atoms in total. The van der Waals surface area contributed by atoms with Crippen LogP contribution in [0.5, 0.6) is 11.5 Å². The van der Waals surface area contributed by atoms with Crippen molar-refractivity contribution in [1.29, 1.82) is 0 Å². The number of ether oxygens (including phenoxy) is 2. The molecule has 1 aliphatic heterocycles. The first kappa shape index (κ1) is 22.7. The molecule has 0 radical (unpaired) electrons. The average Bonchev–Trinajstić information content (AvgIpc) is 2.81. The van der Waals surface area contributed by atoms with Crippen LogP contribution in [0.4, 0.5) is 0 Å². The molecule has 9 heteroatoms. The number of phenols is 2. The molecule has 0 aromatic heterocycles. The monoisotopic (exact) mass is 468 g/mol. The number of allylic oxidation sites excluding steroid dienone is 1. The van der Waals surface area contributed by atoms with E-state index in [2.05, 4.69) is 0 Å². The highest BCUT2D eigenvalue weighted by molar-refractivity contribution is 6.42. The molecule has 2 aromatic rings. The van der Waals surface area contributed by atoms with Gasteiger partial charge in [-0.25, -0.2) is 0 Å². The summed E-state index contributed by atoms with van der Waals surface area (Å²) in [6, 6.07) is 6.85. The first-order valence-electron chi connectivity index (χ1n) is 11.0. The standard InChI is InChI=1S/C25H24O9/c1-10-14(27)5-6-17(33-10)34-25-21-20(18-13(23(25)31)7-11(9-26)8-16(18)29)22(30)12-3-2-4-15(28)19(12)24(21)32/h2-4,7-8,10,14,17,23,25-29,31H,5-6,9H2,1H3/t10-,14-,17-,23+,25+/m0/s1. The summed E-state index contributed by atoms with van der Waals surface area (Å²) in [6.45, 7) is 1.25. The zero-order valence-corrected chi connectivity index (χ0v) is 18.3. The summed E-state index contributed by atoms with van der Waals surface area (Å²) >= 11 is 0. The maximum Gasteiger partial charge on any atom is 0.196 e. The summed E-state index contributed by atoms with van der Waals surface area (Å²) in [5.74, 6) is -2.07. The second-order valence-corrected chi connectivity index (χ2v) is 8.80. The average molecular weight is 468 g/mol. The Morgan fingerprint density at radius 2 is 1.79 bits per heavy atom. The van der Waals surface area contributed by atoms with Crippen LogP contribution in [0.1, 0.15) is 63.3 Å². The maximum absolute atomic E-state index is 13.6. The van der Waals surface area contributed by atoms with E-state index in [4.69, 9.17) is 9.47 Å². The molecule has 178 valence electrons. The molecule has 1 saturated heterocycles. The van der Waals surface area contributed by atoms with E-state index in [0.29, 0.717) is 12.0 Å². The smallest absolute Gasteiger partial charge is 0.196 e. The summed E-state index contributed by atoms with van der Waals surface area (Å²) in [6.07, 6.45) is -4.28. The third-order valence-electron chi connectivity index (χ3n) is 6.69. The van der Waals surface area contributed by atoms with Crippen molar-refractivity contribution in [2.24, 2.45) is 0 Å². The van der Waals surface area contributed by atoms with Crippen molar-refractivity contribution < 1.29 is 44.6 Å². The molecule has 0 unspecified atom stereocenters. The Morgan fingerprint density at radius 1 is 1.03 bits per heavy atom. The van der Waals surface area contributed by atoms with Gasteiger partial charge in [-0.2, -0.15) is 0 Å². The molecular weight excluding hydrogens is 444 g/mol. The summed E-state index contributed by atoms with van der Waals surface area (Å²) < 4.78 is 11.7. The normalized spacial score (nSPS) is 28.4. The highest BCUT2D eigenvalue weighted by Crippen LogP contribution is 2.49. The van der Waals surface area contributed by atoms with Crippen LogP contribution in [0.15, 0.2) is 35.9 Å². The van der Waals surface area contributed by atoms with Crippen LogP contribution in [0, 0.1) is 0 Å². The van der Waals surface area contributed by atoms with E-state index >= 15 is 0 Å². The predicted octanol–water partition coefficient (Wildman–Crippen LogP) is 1.74. The second-order valence-electron chi connectivity index (χ2n) is 8.80. The minimum atomic E-state index is -1.49. The Labute approximate surface area is 194 Å². The molecule has 5 N–H and O–H groups in total. The first-order chi connectivity index (χ1) is 16.2. The first-order valence-corrected chi connectivity index (χ1v) is 11.0. The SMILES string of the molecule is C[C@@H]1O[C@@H](O[C@@H]2C3=C(C(=O)c4cccc(O)c4C3=O)c3c(O)cc(CO)cc3[C@H]2O)CC[C@@H]1O. The van der Waals surface area contributed by atoms with Crippen molar-refractivity contribution in [3.05, 3.63) is 63.7 Å². The molecule has 3 aliphatic rings. The summed E-state index contributed by atoms with van der Waals surface area (Å²) in [4.78, 5) is 27.2. The van der Waals surface area contributed by atoms with E-state index in [9.17, 15) is 35.1 Å².